The van der Waals surface area contributed by atoms with Gasteiger partial charge in [0.25, 0.3) is 0 Å². The smallest absolute Gasteiger partial charge is 0.0558 e. The monoisotopic (exact) mass is 244 g/mol. The molecule has 0 bridgehead atoms. The summed E-state index contributed by atoms with van der Waals surface area (Å²) in [5.74, 6) is 0. The molecule has 2 N–H and O–H groups in total. The molecule has 1 saturated heterocycles. The van der Waals surface area contributed by atoms with Crippen molar-refractivity contribution in [3.8, 4) is 0 Å². The first kappa shape index (κ1) is 14.9. The molecule has 0 saturated carbocycles. The van der Waals surface area contributed by atoms with Crippen molar-refractivity contribution < 1.29 is 9.84 Å². The third-order valence-electron chi connectivity index (χ3n) is 3.49. The van der Waals surface area contributed by atoms with Crippen LogP contribution in [0, 0.1) is 5.41 Å². The molecule has 1 atom stereocenters. The maximum absolute atomic E-state index is 9.06. The number of likely N-dealkylation sites (N-methyl/N-ethyl adjacent to an activating group) is 1. The zero-order chi connectivity index (χ0) is 12.7. The van der Waals surface area contributed by atoms with Gasteiger partial charge in [0, 0.05) is 37.7 Å². The maximum atomic E-state index is 9.06. The van der Waals surface area contributed by atoms with Crippen LogP contribution in [-0.4, -0.2) is 62.0 Å². The summed E-state index contributed by atoms with van der Waals surface area (Å²) in [7, 11) is 0. The van der Waals surface area contributed by atoms with E-state index in [1.807, 2.05) is 0 Å². The van der Waals surface area contributed by atoms with Crippen molar-refractivity contribution in [3.05, 3.63) is 0 Å². The average molecular weight is 244 g/mol. The van der Waals surface area contributed by atoms with Gasteiger partial charge in [0.05, 0.1) is 13.2 Å². The van der Waals surface area contributed by atoms with Gasteiger partial charge in [-0.2, -0.15) is 0 Å². The minimum Gasteiger partial charge on any atom is -0.395 e. The second-order valence-electron chi connectivity index (χ2n) is 5.43. The normalized spacial score (nSPS) is 25.1. The molecule has 17 heavy (non-hydrogen) atoms. The summed E-state index contributed by atoms with van der Waals surface area (Å²) in [4.78, 5) is 2.32. The first-order chi connectivity index (χ1) is 8.12. The Morgan fingerprint density at radius 1 is 1.47 bits per heavy atom. The number of rotatable bonds is 8. The molecule has 1 heterocycles. The van der Waals surface area contributed by atoms with E-state index in [0.29, 0.717) is 6.04 Å². The van der Waals surface area contributed by atoms with E-state index in [2.05, 4.69) is 31.0 Å². The molecule has 0 aromatic carbocycles. The van der Waals surface area contributed by atoms with Gasteiger partial charge in [-0.15, -0.1) is 0 Å². The van der Waals surface area contributed by atoms with Gasteiger partial charge >= 0.3 is 0 Å². The van der Waals surface area contributed by atoms with Crippen molar-refractivity contribution in [1.29, 1.82) is 0 Å². The molecule has 1 fully saturated rings. The zero-order valence-electron chi connectivity index (χ0n) is 11.5. The lowest BCUT2D eigenvalue weighted by atomic mass is 9.86. The van der Waals surface area contributed by atoms with E-state index in [1.165, 1.54) is 0 Å². The van der Waals surface area contributed by atoms with Crippen LogP contribution in [0.3, 0.4) is 0 Å². The van der Waals surface area contributed by atoms with Crippen LogP contribution in [-0.2, 0) is 4.74 Å². The molecule has 102 valence electrons. The van der Waals surface area contributed by atoms with Gasteiger partial charge in [0.15, 0.2) is 0 Å². The quantitative estimate of drug-likeness (QED) is 0.660. The van der Waals surface area contributed by atoms with Gasteiger partial charge in [-0.3, -0.25) is 0 Å². The van der Waals surface area contributed by atoms with Gasteiger partial charge in [0.2, 0.25) is 0 Å². The molecular formula is C13H28N2O2. The zero-order valence-corrected chi connectivity index (χ0v) is 11.5. The van der Waals surface area contributed by atoms with Crippen LogP contribution in [0.25, 0.3) is 0 Å². The number of aliphatic hydroxyl groups is 1. The number of nitrogens with one attached hydrogen (secondary N) is 1. The maximum Gasteiger partial charge on any atom is 0.0558 e. The minimum atomic E-state index is 0.232. The van der Waals surface area contributed by atoms with Crippen LogP contribution in [0.1, 0.15) is 27.2 Å². The van der Waals surface area contributed by atoms with Crippen molar-refractivity contribution in [2.75, 3.05) is 46.0 Å². The fourth-order valence-corrected chi connectivity index (χ4v) is 2.35. The molecule has 1 aliphatic heterocycles. The van der Waals surface area contributed by atoms with Crippen molar-refractivity contribution in [1.82, 2.24) is 10.2 Å². The van der Waals surface area contributed by atoms with E-state index in [1.54, 1.807) is 0 Å². The second kappa shape index (κ2) is 7.31. The Morgan fingerprint density at radius 2 is 2.24 bits per heavy atom. The molecule has 1 unspecified atom stereocenters. The summed E-state index contributed by atoms with van der Waals surface area (Å²) >= 11 is 0. The lowest BCUT2D eigenvalue weighted by Crippen LogP contribution is -2.46. The fourth-order valence-electron chi connectivity index (χ4n) is 2.35. The largest absolute Gasteiger partial charge is 0.395 e. The number of aliphatic hydroxyl groups excluding tert-OH is 1. The summed E-state index contributed by atoms with van der Waals surface area (Å²) in [5.41, 5.74) is 0.232. The molecule has 4 nitrogen and oxygen atoms in total. The van der Waals surface area contributed by atoms with Crippen molar-refractivity contribution in [2.24, 2.45) is 5.41 Å². The van der Waals surface area contributed by atoms with Gasteiger partial charge < -0.3 is 20.1 Å². The van der Waals surface area contributed by atoms with Gasteiger partial charge in [-0.05, 0) is 13.0 Å². The van der Waals surface area contributed by atoms with Crippen LogP contribution in [0.15, 0.2) is 0 Å². The Balaban J connectivity index is 2.51. The Hall–Kier alpha value is -0.160. The minimum absolute atomic E-state index is 0.232. The predicted octanol–water partition coefficient (Wildman–Crippen LogP) is 0.705. The van der Waals surface area contributed by atoms with Crippen molar-refractivity contribution in [3.63, 3.8) is 0 Å². The molecule has 1 aliphatic rings. The highest BCUT2D eigenvalue weighted by Gasteiger charge is 2.36. The first-order valence-corrected chi connectivity index (χ1v) is 6.76. The third kappa shape index (κ3) is 4.92. The Morgan fingerprint density at radius 3 is 2.71 bits per heavy atom. The van der Waals surface area contributed by atoms with E-state index >= 15 is 0 Å². The van der Waals surface area contributed by atoms with Crippen molar-refractivity contribution in [2.45, 2.75) is 33.2 Å². The van der Waals surface area contributed by atoms with Crippen molar-refractivity contribution >= 4 is 0 Å². The molecule has 0 spiro atoms. The molecule has 0 aliphatic carbocycles. The summed E-state index contributed by atoms with van der Waals surface area (Å²) in [5, 5.41) is 12.6. The molecule has 0 aromatic rings. The first-order valence-electron chi connectivity index (χ1n) is 6.76. The SMILES string of the molecule is CCN(CCO)CC1(CNC(C)C)CCOC1. The van der Waals surface area contributed by atoms with Crippen LogP contribution in [0.2, 0.25) is 0 Å². The predicted molar refractivity (Wildman–Crippen MR) is 70.2 cm³/mol. The van der Waals surface area contributed by atoms with Crippen LogP contribution in [0.4, 0.5) is 0 Å². The number of hydrogen-bond donors (Lipinski definition) is 2. The lowest BCUT2D eigenvalue weighted by Gasteiger charge is -2.34. The summed E-state index contributed by atoms with van der Waals surface area (Å²) in [6, 6.07) is 0.514. The topological polar surface area (TPSA) is 44.7 Å². The molecule has 0 radical (unpaired) electrons. The van der Waals surface area contributed by atoms with Crippen LogP contribution < -0.4 is 5.32 Å². The van der Waals surface area contributed by atoms with E-state index in [0.717, 1.165) is 45.8 Å². The van der Waals surface area contributed by atoms with Crippen LogP contribution >= 0.6 is 0 Å². The highest BCUT2D eigenvalue weighted by Crippen LogP contribution is 2.29. The highest BCUT2D eigenvalue weighted by molar-refractivity contribution is 4.88. The Labute approximate surface area is 105 Å². The lowest BCUT2D eigenvalue weighted by molar-refractivity contribution is 0.0982. The van der Waals surface area contributed by atoms with Gasteiger partial charge in [-0.25, -0.2) is 0 Å². The highest BCUT2D eigenvalue weighted by atomic mass is 16.5. The third-order valence-corrected chi connectivity index (χ3v) is 3.49. The van der Waals surface area contributed by atoms with Gasteiger partial charge in [0.1, 0.15) is 0 Å². The average Bonchev–Trinajstić information content (AvgIpc) is 2.75. The van der Waals surface area contributed by atoms with E-state index in [-0.39, 0.29) is 12.0 Å². The number of ether oxygens (including phenoxy) is 1. The molecule has 4 heteroatoms. The fraction of sp³-hybridized carbons (Fsp3) is 1.00. The Bertz CT molecular complexity index is 204. The number of nitrogens with zero attached hydrogens (tertiary/aromatic N) is 1. The molecule has 0 amide bonds. The standard InChI is InChI=1S/C13H28N2O2/c1-4-15(6-7-16)10-13(5-8-17-11-13)9-14-12(2)3/h12,14,16H,4-11H2,1-3H3. The molecule has 1 rings (SSSR count). The van der Waals surface area contributed by atoms with E-state index in [4.69, 9.17) is 9.84 Å². The summed E-state index contributed by atoms with van der Waals surface area (Å²) in [6.07, 6.45) is 1.12. The Kier molecular flexibility index (Phi) is 6.41. The molecular weight excluding hydrogens is 216 g/mol. The van der Waals surface area contributed by atoms with Gasteiger partial charge in [-0.1, -0.05) is 20.8 Å². The van der Waals surface area contributed by atoms with E-state index in [9.17, 15) is 0 Å². The van der Waals surface area contributed by atoms with Crippen LogP contribution in [0.5, 0.6) is 0 Å². The molecule has 0 aromatic heterocycles. The summed E-state index contributed by atoms with van der Waals surface area (Å²) in [6.45, 7) is 12.2. The second-order valence-corrected chi connectivity index (χ2v) is 5.43. The summed E-state index contributed by atoms with van der Waals surface area (Å²) < 4.78 is 5.59. The van der Waals surface area contributed by atoms with E-state index < -0.39 is 0 Å². The number of hydrogen-bond acceptors (Lipinski definition) is 4.